The number of hydrogen-bond acceptors (Lipinski definition) is 10. The molecule has 15 heteroatoms. The second-order valence-electron chi connectivity index (χ2n) is 8.03. The number of carbonyl (C=O) groups excluding carboxylic acids is 2. The van der Waals surface area contributed by atoms with Gasteiger partial charge in [-0.25, -0.2) is 14.3 Å². The summed E-state index contributed by atoms with van der Waals surface area (Å²) >= 11 is 2.51. The molecule has 0 spiro atoms. The normalized spacial score (nSPS) is 19.8. The van der Waals surface area contributed by atoms with Crippen LogP contribution in [0.3, 0.4) is 0 Å². The number of β-lactam (4-membered cyclic amide) rings is 1. The zero-order chi connectivity index (χ0) is 25.6. The number of rotatable bonds is 7. The maximum Gasteiger partial charge on any atom is 0.352 e. The van der Waals surface area contributed by atoms with Crippen molar-refractivity contribution in [2.24, 2.45) is 5.16 Å². The van der Waals surface area contributed by atoms with E-state index in [1.807, 2.05) is 29.8 Å². The second-order valence-corrected chi connectivity index (χ2v) is 10.0. The van der Waals surface area contributed by atoms with Crippen LogP contribution in [0.25, 0.3) is 5.65 Å². The van der Waals surface area contributed by atoms with Gasteiger partial charge < -0.3 is 21.0 Å². The molecule has 1 saturated heterocycles. The molecule has 36 heavy (non-hydrogen) atoms. The molecule has 3 aromatic heterocycles. The number of anilines is 1. The lowest BCUT2D eigenvalue weighted by atomic mass is 10.0. The van der Waals surface area contributed by atoms with E-state index in [9.17, 15) is 19.5 Å². The highest BCUT2D eigenvalue weighted by Gasteiger charge is 2.54. The number of nitrogen functional groups attached to an aromatic ring is 1. The van der Waals surface area contributed by atoms with Crippen molar-refractivity contribution in [1.29, 1.82) is 0 Å². The van der Waals surface area contributed by atoms with E-state index in [4.69, 9.17) is 10.6 Å². The van der Waals surface area contributed by atoms with Crippen LogP contribution in [0.5, 0.6) is 0 Å². The number of carbonyl (C=O) groups is 3. The lowest BCUT2D eigenvalue weighted by Gasteiger charge is -2.49. The number of thioether (sulfide) groups is 1. The van der Waals surface area contributed by atoms with E-state index in [-0.39, 0.29) is 28.8 Å². The predicted molar refractivity (Wildman–Crippen MR) is 130 cm³/mol. The number of nitrogens with one attached hydrogen (secondary N) is 1. The number of aryl methyl sites for hydroxylation is 1. The third-order valence-electron chi connectivity index (χ3n) is 5.79. The van der Waals surface area contributed by atoms with Crippen LogP contribution in [0.4, 0.5) is 5.13 Å². The van der Waals surface area contributed by atoms with Crippen molar-refractivity contribution in [2.75, 3.05) is 18.6 Å². The molecule has 13 nitrogen and oxygen atoms in total. The quantitative estimate of drug-likeness (QED) is 0.162. The number of carboxylic acid groups (broad SMARTS) is 1. The highest BCUT2D eigenvalue weighted by Crippen LogP contribution is 2.40. The summed E-state index contributed by atoms with van der Waals surface area (Å²) < 4.78 is 3.57. The fourth-order valence-corrected chi connectivity index (χ4v) is 6.13. The summed E-state index contributed by atoms with van der Waals surface area (Å²) in [6.07, 6.45) is 3.44. The number of nitrogens with two attached hydrogens (primary N) is 1. The summed E-state index contributed by atoms with van der Waals surface area (Å²) in [6, 6.07) is 2.89. The van der Waals surface area contributed by atoms with E-state index in [2.05, 4.69) is 20.6 Å². The number of aliphatic carboxylic acids is 1. The Morgan fingerprint density at radius 1 is 1.44 bits per heavy atom. The first-order chi connectivity index (χ1) is 17.3. The summed E-state index contributed by atoms with van der Waals surface area (Å²) in [4.78, 5) is 48.2. The smallest absolute Gasteiger partial charge is 0.352 e. The van der Waals surface area contributed by atoms with Gasteiger partial charge in [0.1, 0.15) is 36.1 Å². The van der Waals surface area contributed by atoms with Gasteiger partial charge in [-0.2, -0.15) is 0 Å². The lowest BCUT2D eigenvalue weighted by molar-refractivity contribution is -0.664. The summed E-state index contributed by atoms with van der Waals surface area (Å²) in [6.45, 7) is 2.20. The lowest BCUT2D eigenvalue weighted by Crippen LogP contribution is -2.71. The molecule has 2 amide bonds. The number of nitrogens with zero attached hydrogens (tertiary/aromatic N) is 6. The van der Waals surface area contributed by atoms with E-state index >= 15 is 0 Å². The number of thiazole rings is 1. The van der Waals surface area contributed by atoms with Gasteiger partial charge in [0.05, 0.1) is 6.54 Å². The van der Waals surface area contributed by atoms with Crippen molar-refractivity contribution in [3.8, 4) is 0 Å². The SMILES string of the molecule is CO/N=C(\C(=O)N[C@@H]1C(=O)N2C(C(=O)O)=C(C[n+]3cnn4cccc(C)c43)CS[C@H]12)c1csc(N)n1. The van der Waals surface area contributed by atoms with Crippen LogP contribution in [-0.4, -0.2) is 72.4 Å². The van der Waals surface area contributed by atoms with Crippen LogP contribution in [0.15, 0.2) is 46.5 Å². The van der Waals surface area contributed by atoms with Gasteiger partial charge in [0, 0.05) is 27.4 Å². The van der Waals surface area contributed by atoms with Gasteiger partial charge in [-0.05, 0) is 19.1 Å². The largest absolute Gasteiger partial charge is 0.477 e. The number of pyridine rings is 1. The van der Waals surface area contributed by atoms with E-state index < -0.39 is 29.2 Å². The second kappa shape index (κ2) is 9.23. The van der Waals surface area contributed by atoms with Crippen LogP contribution >= 0.6 is 23.1 Å². The highest BCUT2D eigenvalue weighted by atomic mass is 32.2. The number of amides is 2. The first-order valence-corrected chi connectivity index (χ1v) is 12.6. The van der Waals surface area contributed by atoms with E-state index in [0.717, 1.165) is 22.5 Å². The fourth-order valence-electron chi connectivity index (χ4n) is 4.25. The third-order valence-corrected chi connectivity index (χ3v) is 7.80. The highest BCUT2D eigenvalue weighted by molar-refractivity contribution is 8.00. The molecule has 3 aromatic rings. The summed E-state index contributed by atoms with van der Waals surface area (Å²) in [5.74, 6) is -2.04. The monoisotopic (exact) mass is 529 g/mol. The molecule has 5 heterocycles. The van der Waals surface area contributed by atoms with Crippen LogP contribution in [-0.2, 0) is 25.8 Å². The number of hydrogen-bond donors (Lipinski definition) is 3. The van der Waals surface area contributed by atoms with Crippen LogP contribution < -0.4 is 15.6 Å². The molecular weight excluding hydrogens is 508 g/mol. The Hall–Kier alpha value is -3.98. The molecule has 0 unspecified atom stereocenters. The molecule has 1 fully saturated rings. The topological polar surface area (TPSA) is 168 Å². The molecular formula is C21H21N8O5S2+. The molecule has 5 rings (SSSR count). The number of aromatic nitrogens is 4. The Morgan fingerprint density at radius 2 is 2.25 bits per heavy atom. The van der Waals surface area contributed by atoms with Gasteiger partial charge in [-0.3, -0.25) is 14.5 Å². The van der Waals surface area contributed by atoms with Gasteiger partial charge in [-0.15, -0.1) is 23.1 Å². The minimum absolute atomic E-state index is 0.0762. The molecule has 0 aromatic carbocycles. The van der Waals surface area contributed by atoms with Crippen molar-refractivity contribution in [2.45, 2.75) is 24.9 Å². The predicted octanol–water partition coefficient (Wildman–Crippen LogP) is -0.242. The molecule has 0 radical (unpaired) electrons. The molecule has 4 N–H and O–H groups in total. The van der Waals surface area contributed by atoms with E-state index in [0.29, 0.717) is 11.3 Å². The molecule has 2 aliphatic rings. The summed E-state index contributed by atoms with van der Waals surface area (Å²) in [7, 11) is 1.28. The molecule has 0 saturated carbocycles. The fraction of sp³-hybridized carbons (Fsp3) is 0.286. The number of oxime groups is 1. The average molecular weight is 530 g/mol. The zero-order valence-corrected chi connectivity index (χ0v) is 20.7. The maximum atomic E-state index is 13.1. The Kier molecular flexibility index (Phi) is 6.09. The minimum atomic E-state index is -1.21. The number of carboxylic acids is 1. The van der Waals surface area contributed by atoms with Crippen molar-refractivity contribution >= 4 is 57.4 Å². The standard InChI is InChI=1S/C21H20N8O5S2/c1-10-4-3-5-28-17(10)27(9-23-28)6-11-7-35-19-14(18(31)29(19)15(11)20(32)33)25-16(30)13(26-34-2)12-8-36-21(22)24-12/h3-5,8-9,14,19H,6-7H2,1-2H3,(H3-,22,24,25,30,32,33)/p+1/b26-13-/t14-,19-/m1/s1. The van der Waals surface area contributed by atoms with Crippen molar-refractivity contribution in [1.82, 2.24) is 24.8 Å². The van der Waals surface area contributed by atoms with E-state index in [1.165, 1.54) is 23.8 Å². The number of fused-ring (bicyclic) bond motifs is 2. The summed E-state index contributed by atoms with van der Waals surface area (Å²) in [5, 5.41) is 21.9. The molecule has 0 bridgehead atoms. The molecule has 186 valence electrons. The third kappa shape index (κ3) is 3.95. The van der Waals surface area contributed by atoms with E-state index in [1.54, 1.807) is 16.2 Å². The van der Waals surface area contributed by atoms with Gasteiger partial charge in [0.15, 0.2) is 10.8 Å². The van der Waals surface area contributed by atoms with Crippen molar-refractivity contribution in [3.63, 3.8) is 0 Å². The first-order valence-electron chi connectivity index (χ1n) is 10.7. The Balaban J connectivity index is 1.38. The van der Waals surface area contributed by atoms with Gasteiger partial charge in [0.2, 0.25) is 0 Å². The minimum Gasteiger partial charge on any atom is -0.477 e. The van der Waals surface area contributed by atoms with Crippen molar-refractivity contribution in [3.05, 3.63) is 52.6 Å². The summed E-state index contributed by atoms with van der Waals surface area (Å²) in [5.41, 5.74) is 8.04. The Labute approximate surface area is 212 Å². The van der Waals surface area contributed by atoms with Crippen LogP contribution in [0.1, 0.15) is 11.3 Å². The average Bonchev–Trinajstić information content (AvgIpc) is 3.47. The Morgan fingerprint density at radius 3 is 2.94 bits per heavy atom. The van der Waals surface area contributed by atoms with Crippen molar-refractivity contribution < 1.29 is 28.9 Å². The zero-order valence-electron chi connectivity index (χ0n) is 19.1. The van der Waals surface area contributed by atoms with Crippen LogP contribution in [0, 0.1) is 6.92 Å². The molecule has 2 atom stereocenters. The van der Waals surface area contributed by atoms with Gasteiger partial charge in [-0.1, -0.05) is 9.67 Å². The van der Waals surface area contributed by atoms with Gasteiger partial charge in [0.25, 0.3) is 23.8 Å². The Bertz CT molecular complexity index is 1460. The molecule has 0 aliphatic carbocycles. The maximum absolute atomic E-state index is 13.1. The van der Waals surface area contributed by atoms with Gasteiger partial charge >= 0.3 is 5.97 Å². The van der Waals surface area contributed by atoms with Crippen LogP contribution in [0.2, 0.25) is 0 Å². The first kappa shape index (κ1) is 23.7. The molecule has 2 aliphatic heterocycles.